The molecular formula is C104H62O2. The normalized spacial score (nSPS) is 12.0. The van der Waals surface area contributed by atoms with Crippen molar-refractivity contribution in [3.8, 4) is 100 Å². The molecule has 0 amide bonds. The molecule has 0 bridgehead atoms. The summed E-state index contributed by atoms with van der Waals surface area (Å²) in [6, 6.07) is 139. The summed E-state index contributed by atoms with van der Waals surface area (Å²) >= 11 is 0. The molecule has 0 unspecified atom stereocenters. The summed E-state index contributed by atoms with van der Waals surface area (Å²) in [5.41, 5.74) is 24.6. The number of benzene rings is 20. The van der Waals surface area contributed by atoms with Gasteiger partial charge in [-0.2, -0.15) is 0 Å². The van der Waals surface area contributed by atoms with Crippen LogP contribution in [0.15, 0.2) is 385 Å². The average Bonchev–Trinajstić information content (AvgIpc) is 1.34. The highest BCUT2D eigenvalue weighted by atomic mass is 16.3. The van der Waals surface area contributed by atoms with Crippen LogP contribution in [0.3, 0.4) is 0 Å². The van der Waals surface area contributed by atoms with E-state index in [1.165, 1.54) is 104 Å². The lowest BCUT2D eigenvalue weighted by molar-refractivity contribution is 0.672. The minimum atomic E-state index is 0.850. The van der Waals surface area contributed by atoms with Gasteiger partial charge in [-0.05, 0) is 242 Å². The zero-order chi connectivity index (χ0) is 69.5. The lowest BCUT2D eigenvalue weighted by Crippen LogP contribution is -1.93. The molecule has 2 nitrogen and oxygen atoms in total. The van der Waals surface area contributed by atoms with Gasteiger partial charge in [0.15, 0.2) is 0 Å². The van der Waals surface area contributed by atoms with E-state index in [1.807, 2.05) is 0 Å². The van der Waals surface area contributed by atoms with Crippen molar-refractivity contribution in [2.45, 2.75) is 0 Å². The Bertz CT molecular complexity index is 7290. The number of fused-ring (bicyclic) bond motifs is 16. The Morgan fingerprint density at radius 1 is 0.142 bits per heavy atom. The quantitative estimate of drug-likeness (QED) is 0.135. The van der Waals surface area contributed by atoms with Gasteiger partial charge >= 0.3 is 0 Å². The van der Waals surface area contributed by atoms with Crippen LogP contribution in [0.25, 0.3) is 230 Å². The fourth-order valence-electron chi connectivity index (χ4n) is 17.7. The van der Waals surface area contributed by atoms with Crippen molar-refractivity contribution < 1.29 is 8.83 Å². The Morgan fingerprint density at radius 3 is 1.08 bits per heavy atom. The third kappa shape index (κ3) is 9.38. The van der Waals surface area contributed by atoms with Crippen molar-refractivity contribution in [1.29, 1.82) is 0 Å². The summed E-state index contributed by atoms with van der Waals surface area (Å²) in [4.78, 5) is 0. The first kappa shape index (κ1) is 59.7. The fraction of sp³-hybridized carbons (Fsp3) is 0. The number of hydrogen-bond acceptors (Lipinski definition) is 2. The molecule has 0 fully saturated rings. The Labute approximate surface area is 611 Å². The zero-order valence-electron chi connectivity index (χ0n) is 57.6. The second-order valence-corrected chi connectivity index (χ2v) is 28.4. The molecule has 0 saturated heterocycles. The molecule has 2 aromatic heterocycles. The van der Waals surface area contributed by atoms with Gasteiger partial charge in [0, 0.05) is 32.3 Å². The minimum absolute atomic E-state index is 0.850. The maximum Gasteiger partial charge on any atom is 0.143 e. The summed E-state index contributed by atoms with van der Waals surface area (Å²) in [6.45, 7) is 0. The number of rotatable bonds is 9. The summed E-state index contributed by atoms with van der Waals surface area (Å²) in [6.07, 6.45) is 0. The first-order valence-corrected chi connectivity index (χ1v) is 36.6. The Hall–Kier alpha value is -13.9. The van der Waals surface area contributed by atoms with Crippen LogP contribution in [0.4, 0.5) is 0 Å². The van der Waals surface area contributed by atoms with Gasteiger partial charge in [-0.1, -0.05) is 309 Å². The van der Waals surface area contributed by atoms with E-state index in [-0.39, 0.29) is 0 Å². The standard InChI is InChI=1S/C104H62O2/c1-5-24-63(25-6-1)68-45-44-67-33-23-43-86(88(67)55-68)98-82-39-19-21-41-84(82)100(85-42-22-20-40-83(85)98)94-59-74-47-46-70(56-91(74)104-102(94)92-57-69(51-53-95(92)105-104)64-26-7-2-8-27-64)76-54-73-48-49-75(60-90(73)89(61-76)66-30-11-4-12-31-66)97-78-35-15-17-37-80(78)99(81-38-18-16-36-79(81)97)93-58-72-32-13-14-34-77(72)103-101(93)87-52-50-71(62-96(87)106-103)65-28-9-3-10-29-65/h1-62H. The van der Waals surface area contributed by atoms with Crippen molar-refractivity contribution in [1.82, 2.24) is 0 Å². The highest BCUT2D eigenvalue weighted by Crippen LogP contribution is 2.53. The molecule has 2 heteroatoms. The second-order valence-electron chi connectivity index (χ2n) is 28.4. The van der Waals surface area contributed by atoms with E-state index in [1.54, 1.807) is 0 Å². The molecule has 490 valence electrons. The smallest absolute Gasteiger partial charge is 0.143 e. The molecule has 0 aliphatic heterocycles. The first-order chi connectivity index (χ1) is 52.6. The van der Waals surface area contributed by atoms with Crippen LogP contribution in [0.1, 0.15) is 0 Å². The van der Waals surface area contributed by atoms with E-state index < -0.39 is 0 Å². The van der Waals surface area contributed by atoms with Gasteiger partial charge in [-0.15, -0.1) is 0 Å². The number of furan rings is 2. The van der Waals surface area contributed by atoms with Crippen LogP contribution in [0, 0.1) is 0 Å². The van der Waals surface area contributed by atoms with Gasteiger partial charge < -0.3 is 8.83 Å². The van der Waals surface area contributed by atoms with Gasteiger partial charge in [0.1, 0.15) is 22.3 Å². The van der Waals surface area contributed by atoms with Gasteiger partial charge in [-0.3, -0.25) is 0 Å². The van der Waals surface area contributed by atoms with Crippen LogP contribution >= 0.6 is 0 Å². The fourth-order valence-corrected chi connectivity index (χ4v) is 17.7. The molecule has 0 N–H and O–H groups in total. The van der Waals surface area contributed by atoms with Crippen LogP contribution in [-0.4, -0.2) is 0 Å². The summed E-state index contributed by atoms with van der Waals surface area (Å²) in [5.74, 6) is 0. The van der Waals surface area contributed by atoms with Crippen molar-refractivity contribution in [3.63, 3.8) is 0 Å². The summed E-state index contributed by atoms with van der Waals surface area (Å²) in [5, 5.41) is 23.1. The van der Waals surface area contributed by atoms with E-state index in [0.29, 0.717) is 0 Å². The maximum atomic E-state index is 7.40. The zero-order valence-corrected chi connectivity index (χ0v) is 57.6. The molecule has 0 aliphatic carbocycles. The van der Waals surface area contributed by atoms with Gasteiger partial charge in [0.2, 0.25) is 0 Å². The average molecular weight is 1340 g/mol. The predicted molar refractivity (Wildman–Crippen MR) is 450 cm³/mol. The van der Waals surface area contributed by atoms with Crippen LogP contribution < -0.4 is 0 Å². The molecule has 0 saturated carbocycles. The van der Waals surface area contributed by atoms with E-state index in [2.05, 4.69) is 376 Å². The van der Waals surface area contributed by atoms with Gasteiger partial charge in [0.25, 0.3) is 0 Å². The summed E-state index contributed by atoms with van der Waals surface area (Å²) in [7, 11) is 0. The Morgan fingerprint density at radius 2 is 0.509 bits per heavy atom. The van der Waals surface area contributed by atoms with Crippen LogP contribution in [0.2, 0.25) is 0 Å². The minimum Gasteiger partial charge on any atom is -0.455 e. The Kier molecular flexibility index (Phi) is 13.4. The van der Waals surface area contributed by atoms with Crippen molar-refractivity contribution in [2.75, 3.05) is 0 Å². The van der Waals surface area contributed by atoms with E-state index in [0.717, 1.165) is 126 Å². The van der Waals surface area contributed by atoms with Gasteiger partial charge in [0.05, 0.1) is 0 Å². The molecule has 0 spiro atoms. The lowest BCUT2D eigenvalue weighted by atomic mass is 9.83. The topological polar surface area (TPSA) is 26.3 Å². The SMILES string of the molecule is c1ccc(-c2ccc3c(c2)oc2c4ccccc4cc(-c4c5ccccc5c(-c5ccc6cc(-c7ccc8cc(-c9c%10ccccc%10c(-c%10cccc%11ccc(-c%12ccccc%12)cc%10%11)c%10ccccc9%10)c9c%10cc(-c%11ccccc%11)ccc%10oc9c8c7)cc(-c7ccccc7)c6c5)c5ccccc45)c32)cc1. The highest BCUT2D eigenvalue weighted by Gasteiger charge is 2.27. The van der Waals surface area contributed by atoms with Crippen molar-refractivity contribution in [2.24, 2.45) is 0 Å². The largest absolute Gasteiger partial charge is 0.455 e. The maximum absolute atomic E-state index is 7.40. The molecule has 22 rings (SSSR count). The lowest BCUT2D eigenvalue weighted by Gasteiger charge is -2.20. The van der Waals surface area contributed by atoms with E-state index in [9.17, 15) is 0 Å². The van der Waals surface area contributed by atoms with Crippen molar-refractivity contribution >= 4 is 130 Å². The van der Waals surface area contributed by atoms with Crippen molar-refractivity contribution in [3.05, 3.63) is 376 Å². The predicted octanol–water partition coefficient (Wildman–Crippen LogP) is 29.7. The van der Waals surface area contributed by atoms with Crippen LogP contribution in [0.5, 0.6) is 0 Å². The molecule has 0 radical (unpaired) electrons. The van der Waals surface area contributed by atoms with Gasteiger partial charge in [-0.25, -0.2) is 0 Å². The molecule has 22 aromatic rings. The second kappa shape index (κ2) is 23.8. The molecule has 0 aliphatic rings. The van der Waals surface area contributed by atoms with Crippen LogP contribution in [-0.2, 0) is 0 Å². The third-order valence-corrected chi connectivity index (χ3v) is 22.6. The van der Waals surface area contributed by atoms with E-state index in [4.69, 9.17) is 8.83 Å². The number of hydrogen-bond donors (Lipinski definition) is 0. The third-order valence-electron chi connectivity index (χ3n) is 22.6. The van der Waals surface area contributed by atoms with E-state index >= 15 is 0 Å². The molecule has 2 heterocycles. The Balaban J connectivity index is 0.731. The summed E-state index contributed by atoms with van der Waals surface area (Å²) < 4.78 is 14.5. The monoisotopic (exact) mass is 1340 g/mol. The first-order valence-electron chi connectivity index (χ1n) is 36.6. The molecular weight excluding hydrogens is 1280 g/mol. The molecule has 20 aromatic carbocycles. The molecule has 106 heavy (non-hydrogen) atoms. The highest BCUT2D eigenvalue weighted by molar-refractivity contribution is 6.32. The molecule has 0 atom stereocenters.